The zero-order valence-corrected chi connectivity index (χ0v) is 12.4. The molecule has 1 aliphatic rings. The molecule has 2 nitrogen and oxygen atoms in total. The van der Waals surface area contributed by atoms with Crippen LogP contribution in [0, 0.1) is 0 Å². The molecule has 19 heavy (non-hydrogen) atoms. The summed E-state index contributed by atoms with van der Waals surface area (Å²) in [5, 5.41) is 2.47. The molecule has 0 radical (unpaired) electrons. The van der Waals surface area contributed by atoms with Gasteiger partial charge < -0.3 is 9.47 Å². The highest BCUT2D eigenvalue weighted by atomic mass is 79.9. The molecule has 0 aromatic heterocycles. The third-order valence-corrected chi connectivity index (χ3v) is 4.44. The van der Waals surface area contributed by atoms with Gasteiger partial charge in [0.15, 0.2) is 6.29 Å². The van der Waals surface area contributed by atoms with Crippen LogP contribution in [0.1, 0.15) is 24.8 Å². The monoisotopic (exact) mass is 320 g/mol. The van der Waals surface area contributed by atoms with E-state index in [1.54, 1.807) is 0 Å². The van der Waals surface area contributed by atoms with Gasteiger partial charge in [-0.1, -0.05) is 36.4 Å². The van der Waals surface area contributed by atoms with E-state index < -0.39 is 0 Å². The number of benzene rings is 2. The van der Waals surface area contributed by atoms with Gasteiger partial charge >= 0.3 is 0 Å². The number of halogens is 1. The highest BCUT2D eigenvalue weighted by Gasteiger charge is 2.15. The van der Waals surface area contributed by atoms with Crippen molar-refractivity contribution in [3.05, 3.63) is 46.4 Å². The van der Waals surface area contributed by atoms with Gasteiger partial charge in [0, 0.05) is 11.1 Å². The van der Waals surface area contributed by atoms with E-state index in [4.69, 9.17) is 9.47 Å². The first-order valence-corrected chi connectivity index (χ1v) is 7.53. The summed E-state index contributed by atoms with van der Waals surface area (Å²) in [5.74, 6) is 0. The summed E-state index contributed by atoms with van der Waals surface area (Å²) in [7, 11) is 0. The number of fused-ring (bicyclic) bond motifs is 1. The highest BCUT2D eigenvalue weighted by molar-refractivity contribution is 9.10. The lowest BCUT2D eigenvalue weighted by Crippen LogP contribution is -2.22. The fourth-order valence-corrected chi connectivity index (χ4v) is 3.02. The number of hydrogen-bond acceptors (Lipinski definition) is 2. The predicted octanol–water partition coefficient (Wildman–Crippen LogP) is 4.65. The Morgan fingerprint density at radius 1 is 1.16 bits per heavy atom. The molecule has 0 amide bonds. The molecule has 0 spiro atoms. The molecule has 2 aromatic carbocycles. The SMILES string of the molecule is Brc1c(COC2CCCCO2)ccc2ccccc12. The highest BCUT2D eigenvalue weighted by Crippen LogP contribution is 2.28. The van der Waals surface area contributed by atoms with Crippen molar-refractivity contribution in [2.24, 2.45) is 0 Å². The summed E-state index contributed by atoms with van der Waals surface area (Å²) in [6, 6.07) is 12.6. The summed E-state index contributed by atoms with van der Waals surface area (Å²) >= 11 is 3.69. The molecule has 1 fully saturated rings. The molecule has 100 valence electrons. The Kier molecular flexibility index (Phi) is 4.16. The molecular formula is C16H17BrO2. The Morgan fingerprint density at radius 3 is 2.89 bits per heavy atom. The van der Waals surface area contributed by atoms with Crippen molar-refractivity contribution in [1.82, 2.24) is 0 Å². The second-order valence-corrected chi connectivity index (χ2v) is 5.66. The van der Waals surface area contributed by atoms with Gasteiger partial charge in [-0.25, -0.2) is 0 Å². The van der Waals surface area contributed by atoms with Crippen LogP contribution < -0.4 is 0 Å². The van der Waals surface area contributed by atoms with Crippen molar-refractivity contribution in [2.45, 2.75) is 32.2 Å². The second kappa shape index (κ2) is 6.04. The minimum atomic E-state index is -0.0351. The number of hydrogen-bond donors (Lipinski definition) is 0. The van der Waals surface area contributed by atoms with Gasteiger partial charge in [-0.3, -0.25) is 0 Å². The van der Waals surface area contributed by atoms with Crippen LogP contribution in [0.2, 0.25) is 0 Å². The molecule has 1 aliphatic heterocycles. The molecule has 1 unspecified atom stereocenters. The average Bonchev–Trinajstić information content (AvgIpc) is 2.48. The van der Waals surface area contributed by atoms with E-state index in [1.165, 1.54) is 22.8 Å². The van der Waals surface area contributed by atoms with Crippen molar-refractivity contribution in [3.8, 4) is 0 Å². The molecule has 0 N–H and O–H groups in total. The summed E-state index contributed by atoms with van der Waals surface area (Å²) in [5.41, 5.74) is 1.17. The topological polar surface area (TPSA) is 18.5 Å². The van der Waals surface area contributed by atoms with E-state index >= 15 is 0 Å². The molecule has 0 aliphatic carbocycles. The molecule has 0 saturated carbocycles. The first-order valence-electron chi connectivity index (χ1n) is 6.74. The molecule has 0 bridgehead atoms. The standard InChI is InChI=1S/C16H17BrO2/c17-16-13(11-19-15-7-3-4-10-18-15)9-8-12-5-1-2-6-14(12)16/h1-2,5-6,8-9,15H,3-4,7,10-11H2. The van der Waals surface area contributed by atoms with Gasteiger partial charge in [0.2, 0.25) is 0 Å². The predicted molar refractivity (Wildman–Crippen MR) is 80.0 cm³/mol. The summed E-state index contributed by atoms with van der Waals surface area (Å²) in [4.78, 5) is 0. The molecule has 2 aromatic rings. The molecular weight excluding hydrogens is 304 g/mol. The zero-order valence-electron chi connectivity index (χ0n) is 10.8. The van der Waals surface area contributed by atoms with Crippen molar-refractivity contribution in [1.29, 1.82) is 0 Å². The van der Waals surface area contributed by atoms with Crippen LogP contribution in [0.25, 0.3) is 10.8 Å². The maximum Gasteiger partial charge on any atom is 0.158 e. The Balaban J connectivity index is 1.75. The molecule has 1 saturated heterocycles. The quantitative estimate of drug-likeness (QED) is 0.819. The van der Waals surface area contributed by atoms with E-state index in [0.29, 0.717) is 6.61 Å². The van der Waals surface area contributed by atoms with Gasteiger partial charge in [-0.15, -0.1) is 0 Å². The van der Waals surface area contributed by atoms with Gasteiger partial charge in [0.05, 0.1) is 6.61 Å². The summed E-state index contributed by atoms with van der Waals surface area (Å²) in [6.45, 7) is 1.42. The van der Waals surface area contributed by atoms with Gasteiger partial charge in [-0.2, -0.15) is 0 Å². The van der Waals surface area contributed by atoms with Crippen molar-refractivity contribution >= 4 is 26.7 Å². The lowest BCUT2D eigenvalue weighted by Gasteiger charge is -2.23. The lowest BCUT2D eigenvalue weighted by molar-refractivity contribution is -0.169. The largest absolute Gasteiger partial charge is 0.353 e. The summed E-state index contributed by atoms with van der Waals surface area (Å²) < 4.78 is 12.6. The zero-order chi connectivity index (χ0) is 13.1. The van der Waals surface area contributed by atoms with Crippen LogP contribution in [0.4, 0.5) is 0 Å². The fourth-order valence-electron chi connectivity index (χ4n) is 2.42. The minimum Gasteiger partial charge on any atom is -0.353 e. The van der Waals surface area contributed by atoms with E-state index in [-0.39, 0.29) is 6.29 Å². The van der Waals surface area contributed by atoms with Crippen molar-refractivity contribution < 1.29 is 9.47 Å². The van der Waals surface area contributed by atoms with Crippen LogP contribution in [0.15, 0.2) is 40.9 Å². The van der Waals surface area contributed by atoms with Crippen LogP contribution >= 0.6 is 15.9 Å². The molecule has 3 heteroatoms. The second-order valence-electron chi connectivity index (χ2n) is 4.87. The van der Waals surface area contributed by atoms with Crippen LogP contribution in [0.3, 0.4) is 0 Å². The Hall–Kier alpha value is -0.900. The first-order chi connectivity index (χ1) is 9.34. The smallest absolute Gasteiger partial charge is 0.158 e. The van der Waals surface area contributed by atoms with Gasteiger partial charge in [0.1, 0.15) is 0 Å². The maximum absolute atomic E-state index is 5.85. The molecule has 1 heterocycles. The van der Waals surface area contributed by atoms with E-state index in [9.17, 15) is 0 Å². The Labute approximate surface area is 121 Å². The third-order valence-electron chi connectivity index (χ3n) is 3.51. The lowest BCUT2D eigenvalue weighted by atomic mass is 10.1. The molecule has 3 rings (SSSR count). The molecule has 1 atom stereocenters. The Morgan fingerprint density at radius 2 is 2.05 bits per heavy atom. The van der Waals surface area contributed by atoms with E-state index in [2.05, 4.69) is 52.3 Å². The van der Waals surface area contributed by atoms with Crippen LogP contribution in [-0.4, -0.2) is 12.9 Å². The van der Waals surface area contributed by atoms with Gasteiger partial charge in [-0.05, 0) is 51.5 Å². The van der Waals surface area contributed by atoms with E-state index in [0.717, 1.165) is 23.9 Å². The number of ether oxygens (including phenoxy) is 2. The number of rotatable bonds is 3. The summed E-state index contributed by atoms with van der Waals surface area (Å²) in [6.07, 6.45) is 3.32. The van der Waals surface area contributed by atoms with Crippen molar-refractivity contribution in [2.75, 3.05) is 6.61 Å². The van der Waals surface area contributed by atoms with Crippen LogP contribution in [0.5, 0.6) is 0 Å². The fraction of sp³-hybridized carbons (Fsp3) is 0.375. The third kappa shape index (κ3) is 2.99. The van der Waals surface area contributed by atoms with E-state index in [1.807, 2.05) is 0 Å². The van der Waals surface area contributed by atoms with Gasteiger partial charge in [0.25, 0.3) is 0 Å². The normalized spacial score (nSPS) is 19.7. The van der Waals surface area contributed by atoms with Crippen molar-refractivity contribution in [3.63, 3.8) is 0 Å². The maximum atomic E-state index is 5.85. The minimum absolute atomic E-state index is 0.0351. The van der Waals surface area contributed by atoms with Crippen LogP contribution in [-0.2, 0) is 16.1 Å². The average molecular weight is 321 g/mol. The first kappa shape index (κ1) is 13.1. The Bertz CT molecular complexity index is 562.